The van der Waals surface area contributed by atoms with Gasteiger partial charge in [-0.15, -0.1) is 0 Å². The first-order chi connectivity index (χ1) is 13.3. The van der Waals surface area contributed by atoms with Crippen molar-refractivity contribution in [2.75, 3.05) is 14.2 Å². The molecule has 2 atom stereocenters. The van der Waals surface area contributed by atoms with Gasteiger partial charge in [0.05, 0.1) is 31.2 Å². The highest BCUT2D eigenvalue weighted by Crippen LogP contribution is 2.20. The molecule has 0 bridgehead atoms. The largest absolute Gasteiger partial charge is 0.497 e. The summed E-state index contributed by atoms with van der Waals surface area (Å²) in [5, 5.41) is 2.89. The van der Waals surface area contributed by atoms with Crippen LogP contribution >= 0.6 is 0 Å². The fourth-order valence-corrected chi connectivity index (χ4v) is 3.87. The number of carbonyl (C=O) groups excluding carboxylic acids is 1. The highest BCUT2D eigenvalue weighted by Gasteiger charge is 2.24. The molecule has 0 radical (unpaired) electrons. The minimum atomic E-state index is -3.83. The summed E-state index contributed by atoms with van der Waals surface area (Å²) in [5.74, 6) is 0.875. The van der Waals surface area contributed by atoms with E-state index in [4.69, 9.17) is 9.47 Å². The predicted octanol–water partition coefficient (Wildman–Crippen LogP) is 2.64. The first-order valence-corrected chi connectivity index (χ1v) is 10.4. The van der Waals surface area contributed by atoms with Gasteiger partial charge in [-0.1, -0.05) is 19.1 Å². The van der Waals surface area contributed by atoms with Gasteiger partial charge in [-0.25, -0.2) is 8.42 Å². The summed E-state index contributed by atoms with van der Waals surface area (Å²) >= 11 is 0. The van der Waals surface area contributed by atoms with Gasteiger partial charge in [-0.05, 0) is 55.3 Å². The molecular weight excluding hydrogens is 380 g/mol. The number of nitrogens with one attached hydrogen (secondary N) is 2. The summed E-state index contributed by atoms with van der Waals surface area (Å²) in [4.78, 5) is 12.6. The maximum atomic E-state index is 12.5. The minimum Gasteiger partial charge on any atom is -0.497 e. The van der Waals surface area contributed by atoms with Crippen molar-refractivity contribution in [3.8, 4) is 11.5 Å². The van der Waals surface area contributed by atoms with E-state index in [-0.39, 0.29) is 10.9 Å². The molecule has 0 spiro atoms. The molecule has 0 fully saturated rings. The molecule has 0 aliphatic heterocycles. The topological polar surface area (TPSA) is 93.7 Å². The van der Waals surface area contributed by atoms with Crippen molar-refractivity contribution < 1.29 is 22.7 Å². The Bertz CT molecular complexity index is 880. The average Bonchev–Trinajstić information content (AvgIpc) is 2.71. The molecule has 1 unspecified atom stereocenters. The SMILES string of the molecule is CCC(NC(=O)[C@H](C)NS(=O)(=O)c1ccc(OC)cc1)c1ccc(OC)cc1. The Morgan fingerprint density at radius 3 is 1.93 bits per heavy atom. The third-order valence-electron chi connectivity index (χ3n) is 4.34. The van der Waals surface area contributed by atoms with E-state index in [0.717, 1.165) is 11.3 Å². The molecule has 28 heavy (non-hydrogen) atoms. The van der Waals surface area contributed by atoms with Crippen LogP contribution in [0, 0.1) is 0 Å². The van der Waals surface area contributed by atoms with E-state index in [9.17, 15) is 13.2 Å². The smallest absolute Gasteiger partial charge is 0.241 e. The van der Waals surface area contributed by atoms with Crippen molar-refractivity contribution in [3.63, 3.8) is 0 Å². The van der Waals surface area contributed by atoms with E-state index >= 15 is 0 Å². The minimum absolute atomic E-state index is 0.0649. The maximum Gasteiger partial charge on any atom is 0.241 e. The Kier molecular flexibility index (Phi) is 7.42. The van der Waals surface area contributed by atoms with Gasteiger partial charge in [0.15, 0.2) is 0 Å². The zero-order chi connectivity index (χ0) is 20.7. The molecule has 2 rings (SSSR count). The van der Waals surface area contributed by atoms with Crippen LogP contribution in [0.5, 0.6) is 11.5 Å². The number of hydrogen-bond acceptors (Lipinski definition) is 5. The van der Waals surface area contributed by atoms with Crippen LogP contribution in [-0.2, 0) is 14.8 Å². The Morgan fingerprint density at radius 2 is 1.46 bits per heavy atom. The second-order valence-corrected chi connectivity index (χ2v) is 7.98. The van der Waals surface area contributed by atoms with Crippen molar-refractivity contribution >= 4 is 15.9 Å². The van der Waals surface area contributed by atoms with Gasteiger partial charge in [0, 0.05) is 0 Å². The fraction of sp³-hybridized carbons (Fsp3) is 0.350. The number of carbonyl (C=O) groups is 1. The van der Waals surface area contributed by atoms with Crippen LogP contribution in [0.1, 0.15) is 31.9 Å². The van der Waals surface area contributed by atoms with Crippen LogP contribution in [0.2, 0.25) is 0 Å². The van der Waals surface area contributed by atoms with Gasteiger partial charge >= 0.3 is 0 Å². The molecule has 2 aromatic rings. The summed E-state index contributed by atoms with van der Waals surface area (Å²) in [5.41, 5.74) is 0.918. The summed E-state index contributed by atoms with van der Waals surface area (Å²) in [6.07, 6.45) is 0.663. The summed E-state index contributed by atoms with van der Waals surface area (Å²) in [6, 6.07) is 12.2. The third-order valence-corrected chi connectivity index (χ3v) is 5.89. The van der Waals surface area contributed by atoms with E-state index in [1.165, 1.54) is 26.2 Å². The Hall–Kier alpha value is -2.58. The lowest BCUT2D eigenvalue weighted by Gasteiger charge is -2.21. The van der Waals surface area contributed by atoms with Gasteiger partial charge in [-0.3, -0.25) is 4.79 Å². The van der Waals surface area contributed by atoms with E-state index in [0.29, 0.717) is 12.2 Å². The number of rotatable bonds is 9. The number of amides is 1. The maximum absolute atomic E-state index is 12.5. The zero-order valence-corrected chi connectivity index (χ0v) is 17.2. The van der Waals surface area contributed by atoms with Gasteiger partial charge in [0.2, 0.25) is 15.9 Å². The van der Waals surface area contributed by atoms with Crippen molar-refractivity contribution in [1.82, 2.24) is 10.0 Å². The van der Waals surface area contributed by atoms with Crippen LogP contribution < -0.4 is 19.5 Å². The molecule has 0 saturated heterocycles. The van der Waals surface area contributed by atoms with Gasteiger partial charge < -0.3 is 14.8 Å². The predicted molar refractivity (Wildman–Crippen MR) is 107 cm³/mol. The molecule has 1 amide bonds. The monoisotopic (exact) mass is 406 g/mol. The summed E-state index contributed by atoms with van der Waals surface area (Å²) in [6.45, 7) is 3.46. The quantitative estimate of drug-likeness (QED) is 0.668. The Morgan fingerprint density at radius 1 is 0.964 bits per heavy atom. The zero-order valence-electron chi connectivity index (χ0n) is 16.4. The second kappa shape index (κ2) is 9.57. The van der Waals surface area contributed by atoms with E-state index < -0.39 is 22.0 Å². The first-order valence-electron chi connectivity index (χ1n) is 8.91. The van der Waals surface area contributed by atoms with E-state index in [1.807, 2.05) is 31.2 Å². The van der Waals surface area contributed by atoms with Crippen molar-refractivity contribution in [3.05, 3.63) is 54.1 Å². The lowest BCUT2D eigenvalue weighted by atomic mass is 10.0. The molecule has 152 valence electrons. The molecule has 2 aromatic carbocycles. The summed E-state index contributed by atoms with van der Waals surface area (Å²) < 4.78 is 37.6. The van der Waals surface area contributed by atoms with Crippen LogP contribution in [0.25, 0.3) is 0 Å². The Labute approximate surface area is 166 Å². The second-order valence-electron chi connectivity index (χ2n) is 6.26. The first kappa shape index (κ1) is 21.7. The van der Waals surface area contributed by atoms with Crippen LogP contribution in [0.15, 0.2) is 53.4 Å². The van der Waals surface area contributed by atoms with E-state index in [2.05, 4.69) is 10.0 Å². The van der Waals surface area contributed by atoms with Crippen LogP contribution in [0.4, 0.5) is 0 Å². The van der Waals surface area contributed by atoms with Gasteiger partial charge in [0.25, 0.3) is 0 Å². The molecule has 0 aliphatic rings. The van der Waals surface area contributed by atoms with Crippen LogP contribution in [-0.4, -0.2) is 34.6 Å². The Balaban J connectivity index is 2.05. The number of benzene rings is 2. The molecule has 0 saturated carbocycles. The highest BCUT2D eigenvalue weighted by atomic mass is 32.2. The number of ether oxygens (including phenoxy) is 2. The van der Waals surface area contributed by atoms with Crippen molar-refractivity contribution in [1.29, 1.82) is 0 Å². The third kappa shape index (κ3) is 5.46. The fourth-order valence-electron chi connectivity index (χ4n) is 2.66. The molecule has 0 aliphatic carbocycles. The molecule has 7 nitrogen and oxygen atoms in total. The molecular formula is C20H26N2O5S. The standard InChI is InChI=1S/C20H26N2O5S/c1-5-19(15-6-8-16(26-3)9-7-15)21-20(23)14(2)22-28(24,25)18-12-10-17(27-4)11-13-18/h6-14,19,22H,5H2,1-4H3,(H,21,23)/t14-,19?/m0/s1. The van der Waals surface area contributed by atoms with Crippen molar-refractivity contribution in [2.45, 2.75) is 37.2 Å². The molecule has 8 heteroatoms. The highest BCUT2D eigenvalue weighted by molar-refractivity contribution is 7.89. The number of hydrogen-bond donors (Lipinski definition) is 2. The van der Waals surface area contributed by atoms with Gasteiger partial charge in [-0.2, -0.15) is 4.72 Å². The van der Waals surface area contributed by atoms with Gasteiger partial charge in [0.1, 0.15) is 11.5 Å². The molecule has 2 N–H and O–H groups in total. The van der Waals surface area contributed by atoms with Crippen molar-refractivity contribution in [2.24, 2.45) is 0 Å². The lowest BCUT2D eigenvalue weighted by molar-refractivity contribution is -0.123. The normalized spacial score (nSPS) is 13.4. The molecule has 0 heterocycles. The lowest BCUT2D eigenvalue weighted by Crippen LogP contribution is -2.45. The van der Waals surface area contributed by atoms with Crippen LogP contribution in [0.3, 0.4) is 0 Å². The average molecular weight is 407 g/mol. The molecule has 0 aromatic heterocycles. The van der Waals surface area contributed by atoms with E-state index in [1.54, 1.807) is 19.2 Å². The summed E-state index contributed by atoms with van der Waals surface area (Å²) in [7, 11) is -0.739. The number of methoxy groups -OCH3 is 2. The number of sulfonamides is 1.